The molecule has 0 saturated carbocycles. The third-order valence-corrected chi connectivity index (χ3v) is 5.19. The van der Waals surface area contributed by atoms with Crippen LogP contribution < -0.4 is 5.73 Å². The minimum atomic E-state index is -0.214. The molecule has 0 saturated heterocycles. The van der Waals surface area contributed by atoms with Gasteiger partial charge in [-0.25, -0.2) is 4.68 Å². The second kappa shape index (κ2) is 6.78. The Morgan fingerprint density at radius 1 is 1.00 bits per heavy atom. The van der Waals surface area contributed by atoms with Gasteiger partial charge in [0.15, 0.2) is 5.82 Å². The molecule has 4 rings (SSSR count). The maximum absolute atomic E-state index is 6.38. The van der Waals surface area contributed by atoms with Crippen LogP contribution in [0, 0.1) is 0 Å². The number of hydrogen-bond donors (Lipinski definition) is 1. The molecular formula is C21H26N6. The number of anilines is 1. The highest BCUT2D eigenvalue weighted by molar-refractivity contribution is 5.50. The zero-order chi connectivity index (χ0) is 19.0. The van der Waals surface area contributed by atoms with Crippen LogP contribution in [0.5, 0.6) is 0 Å². The second-order valence-corrected chi connectivity index (χ2v) is 8.14. The van der Waals surface area contributed by atoms with E-state index in [1.165, 1.54) is 11.1 Å². The Balaban J connectivity index is 1.82. The summed E-state index contributed by atoms with van der Waals surface area (Å²) >= 11 is 0. The predicted octanol–water partition coefficient (Wildman–Crippen LogP) is 3.16. The van der Waals surface area contributed by atoms with Gasteiger partial charge in [-0.1, -0.05) is 42.5 Å². The maximum Gasteiger partial charge on any atom is 0.173 e. The zero-order valence-corrected chi connectivity index (χ0v) is 16.1. The fourth-order valence-corrected chi connectivity index (χ4v) is 3.84. The highest BCUT2D eigenvalue weighted by Crippen LogP contribution is 2.35. The number of rotatable bonds is 3. The van der Waals surface area contributed by atoms with Crippen molar-refractivity contribution in [2.75, 3.05) is 12.3 Å². The van der Waals surface area contributed by atoms with Gasteiger partial charge in [-0.3, -0.25) is 4.90 Å². The van der Waals surface area contributed by atoms with Gasteiger partial charge < -0.3 is 5.73 Å². The van der Waals surface area contributed by atoms with Crippen molar-refractivity contribution in [3.63, 3.8) is 0 Å². The Hall–Kier alpha value is -2.73. The van der Waals surface area contributed by atoms with Gasteiger partial charge in [-0.05, 0) is 60.4 Å². The Labute approximate surface area is 160 Å². The molecule has 0 aliphatic carbocycles. The van der Waals surface area contributed by atoms with E-state index in [2.05, 4.69) is 71.5 Å². The molecule has 0 bridgehead atoms. The normalized spacial score (nSPS) is 16.1. The third kappa shape index (κ3) is 3.32. The highest BCUT2D eigenvalue weighted by Gasteiger charge is 2.33. The first kappa shape index (κ1) is 17.7. The van der Waals surface area contributed by atoms with Gasteiger partial charge in [0, 0.05) is 18.8 Å². The van der Waals surface area contributed by atoms with Gasteiger partial charge in [0.2, 0.25) is 0 Å². The summed E-state index contributed by atoms with van der Waals surface area (Å²) in [6.07, 6.45) is 1.01. The van der Waals surface area contributed by atoms with E-state index in [0.717, 1.165) is 36.6 Å². The van der Waals surface area contributed by atoms with Crippen LogP contribution in [-0.2, 0) is 18.5 Å². The molecule has 0 fully saturated rings. The second-order valence-electron chi connectivity index (χ2n) is 8.14. The summed E-state index contributed by atoms with van der Waals surface area (Å²) in [4.78, 5) is 2.43. The van der Waals surface area contributed by atoms with Crippen molar-refractivity contribution in [2.24, 2.45) is 0 Å². The summed E-state index contributed by atoms with van der Waals surface area (Å²) in [7, 11) is 0. The Kier molecular flexibility index (Phi) is 4.44. The Bertz CT molecular complexity index is 940. The molecule has 6 heteroatoms. The minimum Gasteiger partial charge on any atom is -0.398 e. The molecule has 0 spiro atoms. The van der Waals surface area contributed by atoms with Crippen molar-refractivity contribution in [1.82, 2.24) is 25.1 Å². The summed E-state index contributed by atoms with van der Waals surface area (Å²) in [5, 5.41) is 12.7. The molecule has 6 nitrogen and oxygen atoms in total. The van der Waals surface area contributed by atoms with E-state index in [1.807, 2.05) is 22.9 Å². The van der Waals surface area contributed by atoms with Crippen molar-refractivity contribution >= 4 is 5.69 Å². The number of aromatic nitrogens is 4. The number of nitrogens with two attached hydrogens (primary N) is 1. The van der Waals surface area contributed by atoms with Crippen molar-refractivity contribution in [3.05, 3.63) is 71.0 Å². The molecule has 1 aromatic heterocycles. The van der Waals surface area contributed by atoms with Gasteiger partial charge in [-0.15, -0.1) is 5.10 Å². The number of benzene rings is 2. The minimum absolute atomic E-state index is 0.0891. The maximum atomic E-state index is 6.38. The molecule has 1 unspecified atom stereocenters. The van der Waals surface area contributed by atoms with E-state index in [4.69, 9.17) is 5.73 Å². The van der Waals surface area contributed by atoms with Gasteiger partial charge in [0.1, 0.15) is 0 Å². The van der Waals surface area contributed by atoms with E-state index < -0.39 is 0 Å². The predicted molar refractivity (Wildman–Crippen MR) is 106 cm³/mol. The van der Waals surface area contributed by atoms with Crippen LogP contribution in [0.15, 0.2) is 48.5 Å². The molecule has 140 valence electrons. The van der Waals surface area contributed by atoms with Crippen LogP contribution in [0.3, 0.4) is 0 Å². The number of nitrogens with zero attached hydrogens (tertiary/aromatic N) is 5. The first-order valence-corrected chi connectivity index (χ1v) is 9.39. The molecule has 2 aromatic carbocycles. The summed E-state index contributed by atoms with van der Waals surface area (Å²) in [5.74, 6) is 0.833. The van der Waals surface area contributed by atoms with E-state index in [0.29, 0.717) is 0 Å². The SMILES string of the molecule is CC(C)(C)n1nnnc1C(c1ccccc1N)N1CCc2ccccc2C1. The molecular weight excluding hydrogens is 336 g/mol. The largest absolute Gasteiger partial charge is 0.398 e. The highest BCUT2D eigenvalue weighted by atomic mass is 15.6. The van der Waals surface area contributed by atoms with Crippen LogP contribution in [0.4, 0.5) is 5.69 Å². The zero-order valence-electron chi connectivity index (χ0n) is 16.1. The molecule has 1 aliphatic heterocycles. The molecule has 1 atom stereocenters. The van der Waals surface area contributed by atoms with Crippen LogP contribution in [0.1, 0.15) is 49.3 Å². The lowest BCUT2D eigenvalue weighted by molar-refractivity contribution is 0.186. The summed E-state index contributed by atoms with van der Waals surface area (Å²) < 4.78 is 1.92. The van der Waals surface area contributed by atoms with E-state index in [1.54, 1.807) is 0 Å². The van der Waals surface area contributed by atoms with Crippen LogP contribution in [0.25, 0.3) is 0 Å². The number of nitrogen functional groups attached to an aromatic ring is 1. The average molecular weight is 362 g/mol. The summed E-state index contributed by atoms with van der Waals surface area (Å²) in [6.45, 7) is 8.14. The van der Waals surface area contributed by atoms with Crippen LogP contribution in [-0.4, -0.2) is 31.7 Å². The topological polar surface area (TPSA) is 72.9 Å². The monoisotopic (exact) mass is 362 g/mol. The quantitative estimate of drug-likeness (QED) is 0.725. The van der Waals surface area contributed by atoms with Crippen molar-refractivity contribution in [2.45, 2.75) is 45.3 Å². The van der Waals surface area contributed by atoms with Crippen molar-refractivity contribution in [3.8, 4) is 0 Å². The van der Waals surface area contributed by atoms with Gasteiger partial charge in [-0.2, -0.15) is 0 Å². The molecule has 2 heterocycles. The Morgan fingerprint density at radius 3 is 2.44 bits per heavy atom. The number of hydrogen-bond acceptors (Lipinski definition) is 5. The van der Waals surface area contributed by atoms with E-state index >= 15 is 0 Å². The smallest absolute Gasteiger partial charge is 0.173 e. The fraction of sp³-hybridized carbons (Fsp3) is 0.381. The third-order valence-electron chi connectivity index (χ3n) is 5.19. The number of para-hydroxylation sites is 1. The number of tetrazole rings is 1. The van der Waals surface area contributed by atoms with Crippen LogP contribution >= 0.6 is 0 Å². The van der Waals surface area contributed by atoms with Crippen molar-refractivity contribution < 1.29 is 0 Å². The lowest BCUT2D eigenvalue weighted by atomic mass is 9.95. The first-order chi connectivity index (χ1) is 12.9. The average Bonchev–Trinajstić information content (AvgIpc) is 3.13. The molecule has 2 N–H and O–H groups in total. The number of fused-ring (bicyclic) bond motifs is 1. The van der Waals surface area contributed by atoms with E-state index in [9.17, 15) is 0 Å². The van der Waals surface area contributed by atoms with Gasteiger partial charge in [0.05, 0.1) is 11.6 Å². The lowest BCUT2D eigenvalue weighted by Gasteiger charge is -2.36. The Morgan fingerprint density at radius 2 is 1.70 bits per heavy atom. The fourth-order valence-electron chi connectivity index (χ4n) is 3.84. The summed E-state index contributed by atoms with van der Waals surface area (Å²) in [6, 6.07) is 16.6. The van der Waals surface area contributed by atoms with Gasteiger partial charge >= 0.3 is 0 Å². The summed E-state index contributed by atoms with van der Waals surface area (Å²) in [5.41, 5.74) is 10.8. The van der Waals surface area contributed by atoms with Crippen LogP contribution in [0.2, 0.25) is 0 Å². The lowest BCUT2D eigenvalue weighted by Crippen LogP contribution is -2.38. The molecule has 27 heavy (non-hydrogen) atoms. The first-order valence-electron chi connectivity index (χ1n) is 9.39. The van der Waals surface area contributed by atoms with E-state index in [-0.39, 0.29) is 11.6 Å². The molecule has 1 aliphatic rings. The molecule has 0 radical (unpaired) electrons. The van der Waals surface area contributed by atoms with Crippen molar-refractivity contribution in [1.29, 1.82) is 0 Å². The molecule has 3 aromatic rings. The van der Waals surface area contributed by atoms with Gasteiger partial charge in [0.25, 0.3) is 0 Å². The molecule has 0 amide bonds. The standard InChI is InChI=1S/C21H26N6/c1-21(2,3)27-20(23-24-25-27)19(17-10-6-7-11-18(17)22)26-13-12-15-8-4-5-9-16(15)14-26/h4-11,19H,12-14,22H2,1-3H3.